The van der Waals surface area contributed by atoms with Crippen molar-refractivity contribution < 1.29 is 9.53 Å². The van der Waals surface area contributed by atoms with E-state index in [1.165, 1.54) is 11.1 Å². The molecule has 2 heterocycles. The molecule has 1 N–H and O–H groups in total. The summed E-state index contributed by atoms with van der Waals surface area (Å²) in [6.45, 7) is 2.42. The van der Waals surface area contributed by atoms with E-state index in [4.69, 9.17) is 4.74 Å². The fourth-order valence-corrected chi connectivity index (χ4v) is 2.39. The molecule has 0 unspecified atom stereocenters. The van der Waals surface area contributed by atoms with Gasteiger partial charge in [0.2, 0.25) is 5.88 Å². The molecule has 0 aliphatic heterocycles. The maximum atomic E-state index is 12.0. The summed E-state index contributed by atoms with van der Waals surface area (Å²) in [5.41, 5.74) is 2.18. The predicted octanol–water partition coefficient (Wildman–Crippen LogP) is 3.29. The van der Waals surface area contributed by atoms with Crippen LogP contribution in [0.3, 0.4) is 0 Å². The standard InChI is InChI=1S/C20H21N5O2/c1-14-7-4-5-9-17(14)27-19-15(8-6-10-22-19)11-23-18-13-21-12-16(24-18)20(26)25(2)3/h4-10,12-13H,11H2,1-3H3,(H,23,24). The van der Waals surface area contributed by atoms with Gasteiger partial charge in [-0.15, -0.1) is 0 Å². The lowest BCUT2D eigenvalue weighted by molar-refractivity contribution is 0.0821. The van der Waals surface area contributed by atoms with Gasteiger partial charge in [-0.2, -0.15) is 0 Å². The van der Waals surface area contributed by atoms with Crippen LogP contribution in [0, 0.1) is 6.92 Å². The zero-order chi connectivity index (χ0) is 19.2. The number of para-hydroxylation sites is 1. The third-order valence-corrected chi connectivity index (χ3v) is 3.87. The van der Waals surface area contributed by atoms with E-state index in [2.05, 4.69) is 20.3 Å². The molecule has 7 heteroatoms. The number of aryl methyl sites for hydroxylation is 1. The van der Waals surface area contributed by atoms with Crippen LogP contribution in [0.4, 0.5) is 5.82 Å². The van der Waals surface area contributed by atoms with Gasteiger partial charge in [-0.05, 0) is 24.6 Å². The Morgan fingerprint density at radius 3 is 2.74 bits per heavy atom. The highest BCUT2D eigenvalue weighted by atomic mass is 16.5. The summed E-state index contributed by atoms with van der Waals surface area (Å²) in [6.07, 6.45) is 4.71. The van der Waals surface area contributed by atoms with E-state index in [1.54, 1.807) is 26.5 Å². The molecule has 0 saturated heterocycles. The summed E-state index contributed by atoms with van der Waals surface area (Å²) in [7, 11) is 3.35. The largest absolute Gasteiger partial charge is 0.438 e. The zero-order valence-electron chi connectivity index (χ0n) is 15.5. The van der Waals surface area contributed by atoms with Gasteiger partial charge in [0, 0.05) is 32.4 Å². The monoisotopic (exact) mass is 363 g/mol. The Balaban J connectivity index is 1.75. The van der Waals surface area contributed by atoms with Crippen molar-refractivity contribution in [2.45, 2.75) is 13.5 Å². The minimum Gasteiger partial charge on any atom is -0.438 e. The van der Waals surface area contributed by atoms with Crippen LogP contribution in [0.1, 0.15) is 21.6 Å². The van der Waals surface area contributed by atoms with E-state index in [0.717, 1.165) is 16.9 Å². The number of carbonyl (C=O) groups excluding carboxylic acids is 1. The molecule has 1 aromatic carbocycles. The Morgan fingerprint density at radius 2 is 1.96 bits per heavy atom. The summed E-state index contributed by atoms with van der Waals surface area (Å²) in [5.74, 6) is 1.59. The number of ether oxygens (including phenoxy) is 1. The third-order valence-electron chi connectivity index (χ3n) is 3.87. The van der Waals surface area contributed by atoms with Crippen LogP contribution >= 0.6 is 0 Å². The number of amides is 1. The van der Waals surface area contributed by atoms with Gasteiger partial charge in [-0.1, -0.05) is 24.3 Å². The van der Waals surface area contributed by atoms with Crippen LogP contribution in [0.15, 0.2) is 55.0 Å². The van der Waals surface area contributed by atoms with Gasteiger partial charge in [0.25, 0.3) is 5.91 Å². The van der Waals surface area contributed by atoms with E-state index >= 15 is 0 Å². The van der Waals surface area contributed by atoms with Gasteiger partial charge in [0.15, 0.2) is 0 Å². The van der Waals surface area contributed by atoms with Gasteiger partial charge in [-0.3, -0.25) is 9.78 Å². The Labute approximate surface area is 158 Å². The van der Waals surface area contributed by atoms with Crippen molar-refractivity contribution >= 4 is 11.7 Å². The van der Waals surface area contributed by atoms with Gasteiger partial charge < -0.3 is 15.0 Å². The van der Waals surface area contributed by atoms with Crippen molar-refractivity contribution in [2.75, 3.05) is 19.4 Å². The molecule has 3 rings (SSSR count). The van der Waals surface area contributed by atoms with E-state index in [0.29, 0.717) is 18.2 Å². The Bertz CT molecular complexity index is 943. The third kappa shape index (κ3) is 4.58. The first-order chi connectivity index (χ1) is 13.0. The van der Waals surface area contributed by atoms with Gasteiger partial charge in [0.05, 0.1) is 12.4 Å². The first kappa shape index (κ1) is 18.3. The lowest BCUT2D eigenvalue weighted by atomic mass is 10.2. The minimum absolute atomic E-state index is 0.198. The van der Waals surface area contributed by atoms with Crippen molar-refractivity contribution in [2.24, 2.45) is 0 Å². The Kier molecular flexibility index (Phi) is 5.61. The fourth-order valence-electron chi connectivity index (χ4n) is 2.39. The summed E-state index contributed by atoms with van der Waals surface area (Å²) >= 11 is 0. The topological polar surface area (TPSA) is 80.2 Å². The molecule has 0 atom stereocenters. The average Bonchev–Trinajstić information content (AvgIpc) is 2.68. The number of aromatic nitrogens is 3. The number of pyridine rings is 1. The second kappa shape index (κ2) is 8.27. The molecular weight excluding hydrogens is 342 g/mol. The summed E-state index contributed by atoms with van der Waals surface area (Å²) in [4.78, 5) is 26.2. The van der Waals surface area contributed by atoms with Crippen LogP contribution < -0.4 is 10.1 Å². The zero-order valence-corrected chi connectivity index (χ0v) is 15.5. The summed E-state index contributed by atoms with van der Waals surface area (Å²) in [5, 5.41) is 3.17. The molecule has 0 aliphatic carbocycles. The molecule has 138 valence electrons. The minimum atomic E-state index is -0.198. The van der Waals surface area contributed by atoms with Crippen LogP contribution in [0.25, 0.3) is 0 Å². The molecule has 0 aliphatic rings. The van der Waals surface area contributed by atoms with E-state index in [1.807, 2.05) is 43.3 Å². The van der Waals surface area contributed by atoms with Crippen molar-refractivity contribution in [3.63, 3.8) is 0 Å². The Morgan fingerprint density at radius 1 is 1.15 bits per heavy atom. The van der Waals surface area contributed by atoms with Crippen LogP contribution in [-0.2, 0) is 6.54 Å². The highest BCUT2D eigenvalue weighted by Crippen LogP contribution is 2.26. The lowest BCUT2D eigenvalue weighted by Crippen LogP contribution is -2.23. The molecule has 0 radical (unpaired) electrons. The fraction of sp³-hybridized carbons (Fsp3) is 0.200. The number of benzene rings is 1. The molecule has 7 nitrogen and oxygen atoms in total. The quantitative estimate of drug-likeness (QED) is 0.724. The van der Waals surface area contributed by atoms with Crippen molar-refractivity contribution in [3.05, 3.63) is 71.8 Å². The molecule has 0 spiro atoms. The summed E-state index contributed by atoms with van der Waals surface area (Å²) in [6, 6.07) is 11.5. The molecule has 0 saturated carbocycles. The summed E-state index contributed by atoms with van der Waals surface area (Å²) < 4.78 is 5.97. The number of carbonyl (C=O) groups is 1. The number of rotatable bonds is 6. The number of nitrogens with zero attached hydrogens (tertiary/aromatic N) is 4. The number of hydrogen-bond donors (Lipinski definition) is 1. The van der Waals surface area contributed by atoms with E-state index in [-0.39, 0.29) is 11.6 Å². The molecular formula is C20H21N5O2. The van der Waals surface area contributed by atoms with Crippen LogP contribution in [0.5, 0.6) is 11.6 Å². The maximum Gasteiger partial charge on any atom is 0.273 e. The molecule has 1 amide bonds. The highest BCUT2D eigenvalue weighted by Gasteiger charge is 2.12. The second-order valence-corrected chi connectivity index (χ2v) is 6.18. The SMILES string of the molecule is Cc1ccccc1Oc1ncccc1CNc1cncc(C(=O)N(C)C)n1. The molecule has 0 bridgehead atoms. The lowest BCUT2D eigenvalue weighted by Gasteiger charge is -2.13. The second-order valence-electron chi connectivity index (χ2n) is 6.18. The van der Waals surface area contributed by atoms with Crippen molar-refractivity contribution in [1.29, 1.82) is 0 Å². The van der Waals surface area contributed by atoms with Crippen LogP contribution in [0.2, 0.25) is 0 Å². The Hall–Kier alpha value is -3.48. The van der Waals surface area contributed by atoms with E-state index < -0.39 is 0 Å². The molecule has 3 aromatic rings. The maximum absolute atomic E-state index is 12.0. The number of anilines is 1. The first-order valence-corrected chi connectivity index (χ1v) is 8.49. The van der Waals surface area contributed by atoms with Gasteiger partial charge >= 0.3 is 0 Å². The van der Waals surface area contributed by atoms with E-state index in [9.17, 15) is 4.79 Å². The average molecular weight is 363 g/mol. The number of nitrogens with one attached hydrogen (secondary N) is 1. The van der Waals surface area contributed by atoms with Gasteiger partial charge in [-0.25, -0.2) is 9.97 Å². The van der Waals surface area contributed by atoms with Gasteiger partial charge in [0.1, 0.15) is 17.3 Å². The predicted molar refractivity (Wildman–Crippen MR) is 103 cm³/mol. The molecule has 0 fully saturated rings. The van der Waals surface area contributed by atoms with Crippen LogP contribution in [-0.4, -0.2) is 39.9 Å². The molecule has 27 heavy (non-hydrogen) atoms. The smallest absolute Gasteiger partial charge is 0.273 e. The number of hydrogen-bond acceptors (Lipinski definition) is 6. The van der Waals surface area contributed by atoms with Crippen molar-refractivity contribution in [1.82, 2.24) is 19.9 Å². The molecule has 2 aromatic heterocycles. The first-order valence-electron chi connectivity index (χ1n) is 8.49. The normalized spacial score (nSPS) is 10.3. The highest BCUT2D eigenvalue weighted by molar-refractivity contribution is 5.91. The van der Waals surface area contributed by atoms with Crippen molar-refractivity contribution in [3.8, 4) is 11.6 Å².